The van der Waals surface area contributed by atoms with Gasteiger partial charge in [-0.1, -0.05) is 68.8 Å². The fraction of sp³-hybridized carbons (Fsp3) is 0.542. The van der Waals surface area contributed by atoms with E-state index >= 15 is 0 Å². The Labute approximate surface area is 158 Å². The average molecular weight is 353 g/mol. The molecule has 1 fully saturated rings. The second kappa shape index (κ2) is 7.06. The van der Waals surface area contributed by atoms with Crippen LogP contribution in [0.1, 0.15) is 58.9 Å². The van der Waals surface area contributed by atoms with Crippen molar-refractivity contribution in [2.75, 3.05) is 0 Å². The molecule has 6 atom stereocenters. The average Bonchev–Trinajstić information content (AvgIpc) is 2.93. The summed E-state index contributed by atoms with van der Waals surface area (Å²) in [6.07, 6.45) is 6.74. The molecule has 2 heteroatoms. The summed E-state index contributed by atoms with van der Waals surface area (Å²) in [5, 5.41) is 9.61. The van der Waals surface area contributed by atoms with E-state index in [4.69, 9.17) is 0 Å². The normalized spacial score (nSPS) is 37.2. The van der Waals surface area contributed by atoms with Crippen molar-refractivity contribution < 1.29 is 9.90 Å². The molecule has 0 aromatic heterocycles. The fourth-order valence-corrected chi connectivity index (χ4v) is 6.20. The third-order valence-corrected chi connectivity index (χ3v) is 7.11. The van der Waals surface area contributed by atoms with E-state index in [1.165, 1.54) is 17.6 Å². The highest BCUT2D eigenvalue weighted by Gasteiger charge is 2.55. The number of carbonyl (C=O) groups is 1. The Morgan fingerprint density at radius 1 is 1.23 bits per heavy atom. The van der Waals surface area contributed by atoms with E-state index in [-0.39, 0.29) is 11.3 Å². The number of benzene rings is 1. The molecule has 1 aromatic rings. The minimum absolute atomic E-state index is 0.141. The van der Waals surface area contributed by atoms with Crippen LogP contribution in [0.5, 0.6) is 0 Å². The standard InChI is InChI=1S/C24H32O2/c1-6-24(14-18(5)23(25)26)20(19-10-8-7-9-11-19)13-16(3)21-15(2)12-17(4)22(21)24/h7-11,13-15,17,20-22H,6,12H2,1-5H3,(H,25,26)/t15-,17-,20+,21+,22-,24+/m1/s1. The minimum Gasteiger partial charge on any atom is -0.478 e. The lowest BCUT2D eigenvalue weighted by molar-refractivity contribution is -0.132. The minimum atomic E-state index is -0.800. The van der Waals surface area contributed by atoms with E-state index in [1.807, 2.05) is 0 Å². The molecule has 0 radical (unpaired) electrons. The van der Waals surface area contributed by atoms with E-state index in [0.717, 1.165) is 6.42 Å². The predicted molar refractivity (Wildman–Crippen MR) is 107 cm³/mol. The Kier molecular flexibility index (Phi) is 5.14. The molecule has 0 spiro atoms. The summed E-state index contributed by atoms with van der Waals surface area (Å²) >= 11 is 0. The largest absolute Gasteiger partial charge is 0.478 e. The number of aliphatic carboxylic acids is 1. The Balaban J connectivity index is 2.25. The van der Waals surface area contributed by atoms with Crippen molar-refractivity contribution in [2.24, 2.45) is 29.1 Å². The van der Waals surface area contributed by atoms with Gasteiger partial charge in [0, 0.05) is 16.9 Å². The Bertz CT molecular complexity index is 730. The first kappa shape index (κ1) is 18.9. The van der Waals surface area contributed by atoms with Gasteiger partial charge in [0.15, 0.2) is 0 Å². The molecule has 0 saturated heterocycles. The molecule has 140 valence electrons. The molecular formula is C24H32O2. The SMILES string of the molecule is CC[C@@]1(C=C(C)C(=O)O)[C@H]2[C@H](C(C)=C[C@H]1c1ccccc1)[C@H](C)C[C@H]2C. The van der Waals surface area contributed by atoms with Gasteiger partial charge < -0.3 is 5.11 Å². The zero-order valence-electron chi connectivity index (χ0n) is 16.7. The van der Waals surface area contributed by atoms with Crippen LogP contribution < -0.4 is 0 Å². The number of carboxylic acid groups (broad SMARTS) is 1. The second-order valence-electron chi connectivity index (χ2n) is 8.64. The van der Waals surface area contributed by atoms with Crippen LogP contribution in [-0.4, -0.2) is 11.1 Å². The smallest absolute Gasteiger partial charge is 0.330 e. The summed E-state index contributed by atoms with van der Waals surface area (Å²) in [5.41, 5.74) is 3.13. The second-order valence-corrected chi connectivity index (χ2v) is 8.64. The van der Waals surface area contributed by atoms with E-state index in [1.54, 1.807) is 6.92 Å². The highest BCUT2D eigenvalue weighted by molar-refractivity contribution is 5.86. The lowest BCUT2D eigenvalue weighted by Gasteiger charge is -2.51. The number of hydrogen-bond donors (Lipinski definition) is 1. The van der Waals surface area contributed by atoms with Crippen LogP contribution in [0.3, 0.4) is 0 Å². The maximum Gasteiger partial charge on any atom is 0.330 e. The van der Waals surface area contributed by atoms with Gasteiger partial charge >= 0.3 is 5.97 Å². The highest BCUT2D eigenvalue weighted by Crippen LogP contribution is 2.63. The number of carboxylic acids is 1. The van der Waals surface area contributed by atoms with Gasteiger partial charge in [-0.05, 0) is 55.9 Å². The van der Waals surface area contributed by atoms with E-state index < -0.39 is 5.97 Å². The molecule has 1 N–H and O–H groups in total. The molecule has 2 aliphatic carbocycles. The quantitative estimate of drug-likeness (QED) is 0.528. The molecule has 2 aliphatic rings. The van der Waals surface area contributed by atoms with Gasteiger partial charge in [-0.3, -0.25) is 0 Å². The van der Waals surface area contributed by atoms with Gasteiger partial charge in [-0.2, -0.15) is 0 Å². The van der Waals surface area contributed by atoms with Crippen LogP contribution >= 0.6 is 0 Å². The van der Waals surface area contributed by atoms with Gasteiger partial charge in [0.2, 0.25) is 0 Å². The monoisotopic (exact) mass is 352 g/mol. The molecule has 0 bridgehead atoms. The molecule has 0 unspecified atom stereocenters. The van der Waals surface area contributed by atoms with Crippen LogP contribution in [0.4, 0.5) is 0 Å². The van der Waals surface area contributed by atoms with Gasteiger partial charge in [-0.15, -0.1) is 0 Å². The van der Waals surface area contributed by atoms with Gasteiger partial charge in [0.25, 0.3) is 0 Å². The van der Waals surface area contributed by atoms with Crippen molar-refractivity contribution in [1.29, 1.82) is 0 Å². The Morgan fingerprint density at radius 3 is 2.46 bits per heavy atom. The topological polar surface area (TPSA) is 37.3 Å². The molecule has 0 amide bonds. The Morgan fingerprint density at radius 2 is 1.88 bits per heavy atom. The van der Waals surface area contributed by atoms with Crippen LogP contribution in [0, 0.1) is 29.1 Å². The van der Waals surface area contributed by atoms with E-state index in [2.05, 4.69) is 70.2 Å². The zero-order chi connectivity index (χ0) is 19.1. The fourth-order valence-electron chi connectivity index (χ4n) is 6.20. The maximum absolute atomic E-state index is 11.7. The van der Waals surface area contributed by atoms with Crippen LogP contribution in [0.15, 0.2) is 53.6 Å². The van der Waals surface area contributed by atoms with Crippen LogP contribution in [-0.2, 0) is 4.79 Å². The van der Waals surface area contributed by atoms with Crippen molar-refractivity contribution >= 4 is 5.97 Å². The molecule has 1 saturated carbocycles. The van der Waals surface area contributed by atoms with Gasteiger partial charge in [0.05, 0.1) is 0 Å². The number of fused-ring (bicyclic) bond motifs is 1. The lowest BCUT2D eigenvalue weighted by Crippen LogP contribution is -2.43. The number of allylic oxidation sites excluding steroid dienone is 3. The molecule has 1 aromatic carbocycles. The van der Waals surface area contributed by atoms with Gasteiger partial charge in [-0.25, -0.2) is 4.79 Å². The molecular weight excluding hydrogens is 320 g/mol. The summed E-state index contributed by atoms with van der Waals surface area (Å²) in [6, 6.07) is 10.6. The first-order chi connectivity index (χ1) is 12.3. The van der Waals surface area contributed by atoms with Crippen LogP contribution in [0.25, 0.3) is 0 Å². The van der Waals surface area contributed by atoms with Crippen molar-refractivity contribution in [1.82, 2.24) is 0 Å². The van der Waals surface area contributed by atoms with Crippen molar-refractivity contribution in [3.63, 3.8) is 0 Å². The predicted octanol–water partition coefficient (Wildman–Crippen LogP) is 6.07. The maximum atomic E-state index is 11.7. The zero-order valence-corrected chi connectivity index (χ0v) is 16.7. The van der Waals surface area contributed by atoms with Crippen molar-refractivity contribution in [3.05, 3.63) is 59.2 Å². The lowest BCUT2D eigenvalue weighted by atomic mass is 9.53. The van der Waals surface area contributed by atoms with Crippen LogP contribution in [0.2, 0.25) is 0 Å². The third-order valence-electron chi connectivity index (χ3n) is 7.11. The molecule has 0 heterocycles. The molecule has 0 aliphatic heterocycles. The Hall–Kier alpha value is -1.83. The first-order valence-corrected chi connectivity index (χ1v) is 9.97. The molecule has 3 rings (SSSR count). The summed E-state index contributed by atoms with van der Waals surface area (Å²) in [7, 11) is 0. The summed E-state index contributed by atoms with van der Waals surface area (Å²) < 4.78 is 0. The summed E-state index contributed by atoms with van der Waals surface area (Å²) in [5.74, 6) is 1.74. The highest BCUT2D eigenvalue weighted by atomic mass is 16.4. The summed E-state index contributed by atoms with van der Waals surface area (Å²) in [6.45, 7) is 11.0. The van der Waals surface area contributed by atoms with Crippen molar-refractivity contribution in [2.45, 2.75) is 53.4 Å². The summed E-state index contributed by atoms with van der Waals surface area (Å²) in [4.78, 5) is 11.7. The molecule has 2 nitrogen and oxygen atoms in total. The third kappa shape index (κ3) is 2.94. The number of hydrogen-bond acceptors (Lipinski definition) is 1. The number of rotatable bonds is 4. The van der Waals surface area contributed by atoms with Crippen molar-refractivity contribution in [3.8, 4) is 0 Å². The molecule has 26 heavy (non-hydrogen) atoms. The van der Waals surface area contributed by atoms with E-state index in [9.17, 15) is 9.90 Å². The first-order valence-electron chi connectivity index (χ1n) is 9.97. The van der Waals surface area contributed by atoms with Gasteiger partial charge in [0.1, 0.15) is 0 Å². The van der Waals surface area contributed by atoms with E-state index in [0.29, 0.717) is 29.2 Å².